The first kappa shape index (κ1) is 15.5. The van der Waals surface area contributed by atoms with Gasteiger partial charge in [0.05, 0.1) is 19.2 Å². The monoisotopic (exact) mass is 297 g/mol. The van der Waals surface area contributed by atoms with Crippen LogP contribution in [0.15, 0.2) is 6.07 Å². The van der Waals surface area contributed by atoms with Gasteiger partial charge in [-0.3, -0.25) is 0 Å². The molecule has 2 rings (SSSR count). The average Bonchev–Trinajstić information content (AvgIpc) is 2.46. The van der Waals surface area contributed by atoms with Crippen molar-refractivity contribution in [2.24, 2.45) is 0 Å². The van der Waals surface area contributed by atoms with E-state index in [0.29, 0.717) is 22.6 Å². The van der Waals surface area contributed by atoms with E-state index in [1.807, 2.05) is 0 Å². The normalized spacial score (nSPS) is 16.5. The lowest BCUT2D eigenvalue weighted by Gasteiger charge is -2.28. The van der Waals surface area contributed by atoms with Crippen LogP contribution in [0.1, 0.15) is 49.7 Å². The summed E-state index contributed by atoms with van der Waals surface area (Å²) in [4.78, 5) is 0. The molecular formula is C16H24ClNO2. The molecule has 0 bridgehead atoms. The van der Waals surface area contributed by atoms with E-state index in [0.717, 1.165) is 31.7 Å². The van der Waals surface area contributed by atoms with Gasteiger partial charge in [-0.1, -0.05) is 25.4 Å². The van der Waals surface area contributed by atoms with E-state index in [1.165, 1.54) is 11.1 Å². The van der Waals surface area contributed by atoms with Crippen LogP contribution in [0.25, 0.3) is 0 Å². The Kier molecular flexibility index (Phi) is 5.17. The molecule has 1 heterocycles. The zero-order valence-electron chi connectivity index (χ0n) is 12.8. The molecule has 1 aliphatic heterocycles. The largest absolute Gasteiger partial charge is 0.493 e. The van der Waals surface area contributed by atoms with Crippen LogP contribution in [-0.2, 0) is 0 Å². The molecule has 1 N–H and O–H groups in total. The van der Waals surface area contributed by atoms with Crippen molar-refractivity contribution in [2.45, 2.75) is 38.5 Å². The van der Waals surface area contributed by atoms with Gasteiger partial charge in [-0.15, -0.1) is 0 Å². The van der Waals surface area contributed by atoms with Crippen molar-refractivity contribution in [2.75, 3.05) is 27.3 Å². The van der Waals surface area contributed by atoms with Crippen molar-refractivity contribution < 1.29 is 9.47 Å². The van der Waals surface area contributed by atoms with Gasteiger partial charge in [-0.25, -0.2) is 0 Å². The Morgan fingerprint density at radius 3 is 2.35 bits per heavy atom. The lowest BCUT2D eigenvalue weighted by atomic mass is 9.83. The maximum Gasteiger partial charge on any atom is 0.179 e. The fourth-order valence-electron chi connectivity index (χ4n) is 3.04. The van der Waals surface area contributed by atoms with E-state index in [9.17, 15) is 0 Å². The van der Waals surface area contributed by atoms with Crippen LogP contribution < -0.4 is 14.8 Å². The highest BCUT2D eigenvalue weighted by Gasteiger charge is 2.25. The summed E-state index contributed by atoms with van der Waals surface area (Å²) in [6, 6.07) is 2.12. The Bertz CT molecular complexity index is 468. The molecule has 0 saturated carbocycles. The second-order valence-electron chi connectivity index (χ2n) is 5.61. The smallest absolute Gasteiger partial charge is 0.179 e. The summed E-state index contributed by atoms with van der Waals surface area (Å²) < 4.78 is 10.9. The fourth-order valence-corrected chi connectivity index (χ4v) is 3.54. The number of benzene rings is 1. The van der Waals surface area contributed by atoms with Crippen molar-refractivity contribution in [3.8, 4) is 11.5 Å². The highest BCUT2D eigenvalue weighted by molar-refractivity contribution is 6.33. The van der Waals surface area contributed by atoms with Crippen LogP contribution in [0.3, 0.4) is 0 Å². The Morgan fingerprint density at radius 2 is 1.85 bits per heavy atom. The van der Waals surface area contributed by atoms with Crippen molar-refractivity contribution in [1.29, 1.82) is 0 Å². The molecule has 0 aromatic heterocycles. The molecule has 0 radical (unpaired) electrons. The molecule has 112 valence electrons. The van der Waals surface area contributed by atoms with Gasteiger partial charge >= 0.3 is 0 Å². The summed E-state index contributed by atoms with van der Waals surface area (Å²) in [5.41, 5.74) is 2.53. The van der Waals surface area contributed by atoms with Gasteiger partial charge < -0.3 is 14.8 Å². The number of ether oxygens (including phenoxy) is 2. The van der Waals surface area contributed by atoms with Gasteiger partial charge in [0.25, 0.3) is 0 Å². The molecule has 0 atom stereocenters. The number of hydrogen-bond acceptors (Lipinski definition) is 3. The Labute approximate surface area is 126 Å². The Morgan fingerprint density at radius 1 is 1.20 bits per heavy atom. The standard InChI is InChI=1S/C16H24ClNO2/c1-10(2)14-12(11-5-7-18-8-6-11)9-13(19-3)16(20-4)15(14)17/h9-11,18H,5-8H2,1-4H3. The first-order chi connectivity index (χ1) is 9.60. The molecule has 20 heavy (non-hydrogen) atoms. The van der Waals surface area contributed by atoms with Crippen LogP contribution in [0.5, 0.6) is 11.5 Å². The van der Waals surface area contributed by atoms with E-state index in [1.54, 1.807) is 14.2 Å². The van der Waals surface area contributed by atoms with Crippen molar-refractivity contribution in [1.82, 2.24) is 5.32 Å². The zero-order valence-corrected chi connectivity index (χ0v) is 13.5. The summed E-state index contributed by atoms with van der Waals surface area (Å²) in [5, 5.41) is 4.11. The first-order valence-electron chi connectivity index (χ1n) is 7.25. The van der Waals surface area contributed by atoms with Crippen LogP contribution in [0, 0.1) is 0 Å². The van der Waals surface area contributed by atoms with E-state index in [4.69, 9.17) is 21.1 Å². The lowest BCUT2D eigenvalue weighted by Crippen LogP contribution is -2.27. The predicted molar refractivity (Wildman–Crippen MR) is 83.5 cm³/mol. The van der Waals surface area contributed by atoms with Gasteiger partial charge in [0.15, 0.2) is 11.5 Å². The minimum Gasteiger partial charge on any atom is -0.493 e. The molecule has 1 fully saturated rings. The van der Waals surface area contributed by atoms with Gasteiger partial charge in [0.2, 0.25) is 0 Å². The van der Waals surface area contributed by atoms with E-state index in [2.05, 4.69) is 25.2 Å². The predicted octanol–water partition coefficient (Wildman–Crippen LogP) is 3.95. The summed E-state index contributed by atoms with van der Waals surface area (Å²) in [6.07, 6.45) is 2.29. The van der Waals surface area contributed by atoms with Gasteiger partial charge in [-0.05, 0) is 55.0 Å². The lowest BCUT2D eigenvalue weighted by molar-refractivity contribution is 0.352. The molecule has 0 amide bonds. The van der Waals surface area contributed by atoms with Gasteiger partial charge in [-0.2, -0.15) is 0 Å². The van der Waals surface area contributed by atoms with E-state index in [-0.39, 0.29) is 0 Å². The SMILES string of the molecule is COc1cc(C2CCNCC2)c(C(C)C)c(Cl)c1OC. The molecule has 0 spiro atoms. The topological polar surface area (TPSA) is 30.5 Å². The molecule has 1 aliphatic rings. The molecular weight excluding hydrogens is 274 g/mol. The Hall–Kier alpha value is -0.930. The maximum absolute atomic E-state index is 6.59. The van der Waals surface area contributed by atoms with Crippen LogP contribution in [0.4, 0.5) is 0 Å². The highest BCUT2D eigenvalue weighted by Crippen LogP contribution is 2.45. The number of rotatable bonds is 4. The quantitative estimate of drug-likeness (QED) is 0.913. The molecule has 4 heteroatoms. The minimum atomic E-state index is 0.368. The molecule has 3 nitrogen and oxygen atoms in total. The minimum absolute atomic E-state index is 0.368. The molecule has 1 aromatic rings. The van der Waals surface area contributed by atoms with Crippen molar-refractivity contribution >= 4 is 11.6 Å². The second kappa shape index (κ2) is 6.68. The fraction of sp³-hybridized carbons (Fsp3) is 0.625. The third kappa shape index (κ3) is 2.89. The summed E-state index contributed by atoms with van der Waals surface area (Å²) in [5.74, 6) is 2.30. The number of hydrogen-bond donors (Lipinski definition) is 1. The average molecular weight is 298 g/mol. The molecule has 1 aromatic carbocycles. The number of piperidine rings is 1. The maximum atomic E-state index is 6.59. The number of nitrogens with one attached hydrogen (secondary N) is 1. The van der Waals surface area contributed by atoms with E-state index < -0.39 is 0 Å². The Balaban J connectivity index is 2.55. The first-order valence-corrected chi connectivity index (χ1v) is 7.62. The molecule has 0 unspecified atom stereocenters. The summed E-state index contributed by atoms with van der Waals surface area (Å²) in [7, 11) is 3.30. The third-order valence-corrected chi connectivity index (χ3v) is 4.41. The highest BCUT2D eigenvalue weighted by atomic mass is 35.5. The van der Waals surface area contributed by atoms with Crippen LogP contribution in [0.2, 0.25) is 5.02 Å². The van der Waals surface area contributed by atoms with Crippen LogP contribution >= 0.6 is 11.6 Å². The van der Waals surface area contributed by atoms with E-state index >= 15 is 0 Å². The second-order valence-corrected chi connectivity index (χ2v) is 5.99. The van der Waals surface area contributed by atoms with Crippen LogP contribution in [-0.4, -0.2) is 27.3 Å². The van der Waals surface area contributed by atoms with Gasteiger partial charge in [0.1, 0.15) is 0 Å². The number of methoxy groups -OCH3 is 2. The number of halogens is 1. The third-order valence-electron chi connectivity index (χ3n) is 4.04. The summed E-state index contributed by atoms with van der Waals surface area (Å²) in [6.45, 7) is 6.48. The van der Waals surface area contributed by atoms with Crippen molar-refractivity contribution in [3.05, 3.63) is 22.2 Å². The van der Waals surface area contributed by atoms with Gasteiger partial charge in [0, 0.05) is 0 Å². The molecule has 1 saturated heterocycles. The molecule has 0 aliphatic carbocycles. The summed E-state index contributed by atoms with van der Waals surface area (Å²) >= 11 is 6.59. The zero-order chi connectivity index (χ0) is 14.7. The van der Waals surface area contributed by atoms with Crippen molar-refractivity contribution in [3.63, 3.8) is 0 Å².